The van der Waals surface area contributed by atoms with Gasteiger partial charge >= 0.3 is 0 Å². The Morgan fingerprint density at radius 3 is 2.68 bits per heavy atom. The predicted molar refractivity (Wildman–Crippen MR) is 108 cm³/mol. The highest BCUT2D eigenvalue weighted by Crippen LogP contribution is 2.27. The van der Waals surface area contributed by atoms with E-state index in [0.29, 0.717) is 15.7 Å². The Hall–Kier alpha value is -2.23. The quantitative estimate of drug-likeness (QED) is 0.742. The van der Waals surface area contributed by atoms with Gasteiger partial charge in [-0.2, -0.15) is 0 Å². The van der Waals surface area contributed by atoms with Crippen molar-refractivity contribution in [2.45, 2.75) is 20.3 Å². The molecule has 0 bridgehead atoms. The van der Waals surface area contributed by atoms with Crippen molar-refractivity contribution in [3.63, 3.8) is 0 Å². The Kier molecular flexibility index (Phi) is 6.68. The summed E-state index contributed by atoms with van der Waals surface area (Å²) in [6, 6.07) is 5.50. The summed E-state index contributed by atoms with van der Waals surface area (Å²) in [6.45, 7) is 7.84. The number of carbonyl (C=O) groups excluding carboxylic acids is 1. The monoisotopic (exact) mass is 374 g/mol. The van der Waals surface area contributed by atoms with Crippen LogP contribution in [0.2, 0.25) is 10.0 Å². The smallest absolute Gasteiger partial charge is 0.248 e. The van der Waals surface area contributed by atoms with Crippen LogP contribution >= 0.6 is 23.2 Å². The standard InChI is InChI=1S/C20H20Cl2N2O/c1-4-6-7-20(25)24-19-11-15(8-9-17(19)21)14(5-2)10-16-13(3)23-12-18(16)22/h5-12,23H,3-4H2,1-2H3,(H,24,25)/b7-6+,14-5+,16-10+. The van der Waals surface area contributed by atoms with E-state index in [4.69, 9.17) is 23.2 Å². The Morgan fingerprint density at radius 2 is 2.08 bits per heavy atom. The van der Waals surface area contributed by atoms with E-state index in [0.717, 1.165) is 28.1 Å². The summed E-state index contributed by atoms with van der Waals surface area (Å²) in [4.78, 5) is 14.9. The number of allylic oxidation sites excluding steroid dienone is 3. The first-order valence-electron chi connectivity index (χ1n) is 7.93. The van der Waals surface area contributed by atoms with Crippen molar-refractivity contribution in [2.24, 2.45) is 0 Å². The lowest BCUT2D eigenvalue weighted by atomic mass is 10.0. The highest BCUT2D eigenvalue weighted by molar-refractivity contribution is 6.34. The lowest BCUT2D eigenvalue weighted by molar-refractivity contribution is -0.111. The number of aromatic nitrogens is 1. The highest BCUT2D eigenvalue weighted by Gasteiger charge is 2.07. The molecule has 0 aliphatic carbocycles. The predicted octanol–water partition coefficient (Wildman–Crippen LogP) is 4.52. The highest BCUT2D eigenvalue weighted by atomic mass is 35.5. The van der Waals surface area contributed by atoms with Crippen LogP contribution in [0, 0.1) is 0 Å². The number of carbonyl (C=O) groups is 1. The van der Waals surface area contributed by atoms with Gasteiger partial charge in [0, 0.05) is 16.8 Å². The van der Waals surface area contributed by atoms with Crippen molar-refractivity contribution >= 4 is 53.0 Å². The van der Waals surface area contributed by atoms with E-state index >= 15 is 0 Å². The summed E-state index contributed by atoms with van der Waals surface area (Å²) < 4.78 is 0. The van der Waals surface area contributed by atoms with Gasteiger partial charge in [-0.3, -0.25) is 4.79 Å². The van der Waals surface area contributed by atoms with Crippen LogP contribution < -0.4 is 15.9 Å². The molecule has 2 aromatic rings. The topological polar surface area (TPSA) is 44.9 Å². The normalized spacial score (nSPS) is 12.8. The number of nitrogens with one attached hydrogen (secondary N) is 2. The van der Waals surface area contributed by atoms with Crippen molar-refractivity contribution in [1.29, 1.82) is 0 Å². The van der Waals surface area contributed by atoms with Crippen molar-refractivity contribution < 1.29 is 4.79 Å². The maximum absolute atomic E-state index is 11.9. The molecule has 2 N–H and O–H groups in total. The van der Waals surface area contributed by atoms with E-state index in [-0.39, 0.29) is 5.91 Å². The minimum atomic E-state index is -0.208. The molecule has 5 heteroatoms. The van der Waals surface area contributed by atoms with Crippen LogP contribution in [0.15, 0.2) is 42.6 Å². The summed E-state index contributed by atoms with van der Waals surface area (Å²) in [5.74, 6) is -0.208. The van der Waals surface area contributed by atoms with Crippen LogP contribution in [0.3, 0.4) is 0 Å². The minimum absolute atomic E-state index is 0.208. The maximum Gasteiger partial charge on any atom is 0.248 e. The molecule has 0 spiro atoms. The molecule has 0 radical (unpaired) electrons. The third kappa shape index (κ3) is 4.88. The maximum atomic E-state index is 11.9. The second-order valence-corrected chi connectivity index (χ2v) is 6.23. The van der Waals surface area contributed by atoms with Gasteiger partial charge in [0.1, 0.15) is 0 Å². The molecule has 2 rings (SSSR count). The third-order valence-electron chi connectivity index (χ3n) is 3.63. The molecule has 0 atom stereocenters. The SMILES string of the molecule is C=c1[nH]cc(Cl)/c1=C/C(=C\C)c1ccc(Cl)c(NC(=O)/C=C/CC)c1. The lowest BCUT2D eigenvalue weighted by Crippen LogP contribution is -2.21. The van der Waals surface area contributed by atoms with Gasteiger partial charge in [-0.05, 0) is 48.8 Å². The molecular formula is C20H20Cl2N2O. The molecule has 0 aliphatic heterocycles. The zero-order chi connectivity index (χ0) is 18.4. The number of rotatable bonds is 5. The third-order valence-corrected chi connectivity index (χ3v) is 4.27. The van der Waals surface area contributed by atoms with Gasteiger partial charge in [-0.1, -0.05) is 54.9 Å². The van der Waals surface area contributed by atoms with Gasteiger partial charge in [-0.25, -0.2) is 0 Å². The number of benzene rings is 1. The number of H-pyrrole nitrogens is 1. The summed E-state index contributed by atoms with van der Waals surface area (Å²) in [6.07, 6.45) is 9.71. The number of aromatic amines is 1. The van der Waals surface area contributed by atoms with Gasteiger partial charge in [0.2, 0.25) is 5.91 Å². The summed E-state index contributed by atoms with van der Waals surface area (Å²) in [5, 5.41) is 5.47. The Morgan fingerprint density at radius 1 is 1.32 bits per heavy atom. The second kappa shape index (κ2) is 8.75. The molecule has 1 aromatic heterocycles. The number of hydrogen-bond acceptors (Lipinski definition) is 1. The van der Waals surface area contributed by atoms with E-state index in [1.807, 2.05) is 38.1 Å². The zero-order valence-corrected chi connectivity index (χ0v) is 15.7. The molecule has 0 aliphatic rings. The van der Waals surface area contributed by atoms with Gasteiger partial charge < -0.3 is 10.3 Å². The van der Waals surface area contributed by atoms with Crippen LogP contribution in [0.5, 0.6) is 0 Å². The summed E-state index contributed by atoms with van der Waals surface area (Å²) in [7, 11) is 0. The largest absolute Gasteiger partial charge is 0.360 e. The Bertz CT molecular complexity index is 939. The van der Waals surface area contributed by atoms with Crippen molar-refractivity contribution in [3.8, 4) is 0 Å². The lowest BCUT2D eigenvalue weighted by Gasteiger charge is -2.09. The van der Waals surface area contributed by atoms with Gasteiger partial charge in [0.15, 0.2) is 0 Å². The first-order chi connectivity index (χ1) is 12.0. The van der Waals surface area contributed by atoms with E-state index in [9.17, 15) is 4.79 Å². The molecular weight excluding hydrogens is 355 g/mol. The fourth-order valence-electron chi connectivity index (χ4n) is 2.29. The van der Waals surface area contributed by atoms with Gasteiger partial charge in [-0.15, -0.1) is 0 Å². The van der Waals surface area contributed by atoms with Crippen molar-refractivity contribution in [3.05, 3.63) is 68.8 Å². The molecule has 0 saturated heterocycles. The average molecular weight is 375 g/mol. The second-order valence-electron chi connectivity index (χ2n) is 5.41. The number of hydrogen-bond donors (Lipinski definition) is 2. The fourth-order valence-corrected chi connectivity index (χ4v) is 2.68. The molecule has 130 valence electrons. The molecule has 0 fully saturated rings. The summed E-state index contributed by atoms with van der Waals surface area (Å²) >= 11 is 12.4. The molecule has 1 amide bonds. The number of anilines is 1. The average Bonchev–Trinajstić information content (AvgIpc) is 2.91. The first-order valence-corrected chi connectivity index (χ1v) is 8.69. The molecule has 0 saturated carbocycles. The summed E-state index contributed by atoms with van der Waals surface area (Å²) in [5.41, 5.74) is 2.42. The van der Waals surface area contributed by atoms with E-state index in [2.05, 4.69) is 16.9 Å². The van der Waals surface area contributed by atoms with Crippen LogP contribution in [0.1, 0.15) is 25.8 Å². The minimum Gasteiger partial charge on any atom is -0.360 e. The van der Waals surface area contributed by atoms with Crippen molar-refractivity contribution in [1.82, 2.24) is 4.98 Å². The molecule has 1 heterocycles. The van der Waals surface area contributed by atoms with Gasteiger partial charge in [0.05, 0.1) is 15.7 Å². The van der Waals surface area contributed by atoms with Crippen LogP contribution in [0.4, 0.5) is 5.69 Å². The van der Waals surface area contributed by atoms with E-state index < -0.39 is 0 Å². The number of amides is 1. The molecule has 25 heavy (non-hydrogen) atoms. The molecule has 0 unspecified atom stereocenters. The van der Waals surface area contributed by atoms with Crippen LogP contribution in [0.25, 0.3) is 18.2 Å². The molecule has 3 nitrogen and oxygen atoms in total. The van der Waals surface area contributed by atoms with Gasteiger partial charge in [0.25, 0.3) is 0 Å². The van der Waals surface area contributed by atoms with E-state index in [1.54, 1.807) is 18.3 Å². The fraction of sp³-hybridized carbons (Fsp3) is 0.150. The first kappa shape index (κ1) is 19.1. The van der Waals surface area contributed by atoms with Crippen molar-refractivity contribution in [2.75, 3.05) is 5.32 Å². The Labute approximate surface area is 157 Å². The number of halogens is 2. The Balaban J connectivity index is 2.41. The van der Waals surface area contributed by atoms with Crippen LogP contribution in [-0.4, -0.2) is 10.9 Å². The molecule has 1 aromatic carbocycles. The zero-order valence-electron chi connectivity index (χ0n) is 14.2. The van der Waals surface area contributed by atoms with Crippen LogP contribution in [-0.2, 0) is 4.79 Å². The van der Waals surface area contributed by atoms with E-state index in [1.165, 1.54) is 6.08 Å².